The Kier molecular flexibility index (Phi) is 5.38. The Hall–Kier alpha value is -2.76. The van der Waals surface area contributed by atoms with Crippen molar-refractivity contribution in [1.29, 1.82) is 0 Å². The van der Waals surface area contributed by atoms with E-state index in [9.17, 15) is 4.79 Å². The minimum absolute atomic E-state index is 0.0657. The molecule has 2 aliphatic rings. The maximum atomic E-state index is 12.5. The van der Waals surface area contributed by atoms with Crippen molar-refractivity contribution in [3.05, 3.63) is 65.5 Å². The first-order valence-electron chi connectivity index (χ1n) is 8.36. The lowest BCUT2D eigenvalue weighted by Crippen LogP contribution is -2.48. The van der Waals surface area contributed by atoms with E-state index in [1.807, 2.05) is 23.1 Å². The topological polar surface area (TPSA) is 54.9 Å². The van der Waals surface area contributed by atoms with Crippen LogP contribution in [0, 0.1) is 0 Å². The first kappa shape index (κ1) is 17.1. The van der Waals surface area contributed by atoms with Crippen LogP contribution in [-0.4, -0.2) is 61.1 Å². The van der Waals surface area contributed by atoms with E-state index >= 15 is 0 Å². The number of pyridine rings is 1. The van der Waals surface area contributed by atoms with Crippen molar-refractivity contribution < 1.29 is 14.3 Å². The third kappa shape index (κ3) is 4.02. The third-order valence-electron chi connectivity index (χ3n) is 4.48. The molecule has 1 amide bonds. The molecule has 0 aromatic carbocycles. The maximum absolute atomic E-state index is 12.5. The zero-order chi connectivity index (χ0) is 17.6. The van der Waals surface area contributed by atoms with Gasteiger partial charge in [-0.2, -0.15) is 0 Å². The number of rotatable bonds is 4. The van der Waals surface area contributed by atoms with Crippen LogP contribution in [-0.2, 0) is 9.47 Å². The van der Waals surface area contributed by atoms with E-state index in [-0.39, 0.29) is 5.91 Å². The first-order chi connectivity index (χ1) is 12.2. The van der Waals surface area contributed by atoms with Gasteiger partial charge in [0.1, 0.15) is 11.5 Å². The molecule has 0 atom stereocenters. The molecule has 1 aliphatic carbocycles. The number of hydrogen-bond donors (Lipinski definition) is 0. The van der Waals surface area contributed by atoms with Gasteiger partial charge in [0.25, 0.3) is 5.91 Å². The summed E-state index contributed by atoms with van der Waals surface area (Å²) in [4.78, 5) is 20.7. The standard InChI is InChI=1S/C19H23N3O3/c1-24-17-4-3-16(13-18(14-17)25-2)21-9-11-22(12-10-21)19(23)15-5-7-20-8-6-15/h4-8,13-14H,3,9-12H2,1-2H3. The van der Waals surface area contributed by atoms with Crippen LogP contribution in [0.1, 0.15) is 16.8 Å². The predicted molar refractivity (Wildman–Crippen MR) is 94.6 cm³/mol. The molecule has 25 heavy (non-hydrogen) atoms. The average molecular weight is 341 g/mol. The Bertz CT molecular complexity index is 702. The summed E-state index contributed by atoms with van der Waals surface area (Å²) in [6.07, 6.45) is 10.1. The van der Waals surface area contributed by atoms with Crippen LogP contribution in [0.4, 0.5) is 0 Å². The van der Waals surface area contributed by atoms with Crippen molar-refractivity contribution >= 4 is 5.91 Å². The van der Waals surface area contributed by atoms with Crippen LogP contribution in [0.3, 0.4) is 0 Å². The molecule has 0 bridgehead atoms. The molecule has 6 heteroatoms. The molecule has 1 fully saturated rings. The number of aromatic nitrogens is 1. The van der Waals surface area contributed by atoms with Gasteiger partial charge >= 0.3 is 0 Å². The van der Waals surface area contributed by atoms with Crippen LogP contribution in [0.25, 0.3) is 0 Å². The minimum atomic E-state index is 0.0657. The summed E-state index contributed by atoms with van der Waals surface area (Å²) in [6.45, 7) is 3.00. The number of amides is 1. The predicted octanol–water partition coefficient (Wildman–Crippen LogP) is 2.19. The van der Waals surface area contributed by atoms with Crippen LogP contribution in [0.2, 0.25) is 0 Å². The van der Waals surface area contributed by atoms with Gasteiger partial charge in [0.15, 0.2) is 0 Å². The zero-order valence-electron chi connectivity index (χ0n) is 14.6. The highest BCUT2D eigenvalue weighted by Gasteiger charge is 2.23. The summed E-state index contributed by atoms with van der Waals surface area (Å²) in [5.41, 5.74) is 1.87. The van der Waals surface area contributed by atoms with Crippen molar-refractivity contribution in [3.63, 3.8) is 0 Å². The van der Waals surface area contributed by atoms with E-state index in [1.54, 1.807) is 38.7 Å². The first-order valence-corrected chi connectivity index (χ1v) is 8.36. The smallest absolute Gasteiger partial charge is 0.254 e. The summed E-state index contributed by atoms with van der Waals surface area (Å²) in [5, 5.41) is 0. The van der Waals surface area contributed by atoms with Gasteiger partial charge in [-0.3, -0.25) is 9.78 Å². The summed E-state index contributed by atoms with van der Waals surface area (Å²) >= 11 is 0. The molecule has 6 nitrogen and oxygen atoms in total. The lowest BCUT2D eigenvalue weighted by molar-refractivity contribution is 0.0667. The highest BCUT2D eigenvalue weighted by Crippen LogP contribution is 2.22. The highest BCUT2D eigenvalue weighted by molar-refractivity contribution is 5.94. The summed E-state index contributed by atoms with van der Waals surface area (Å²) < 4.78 is 10.7. The SMILES string of the molecule is COC1=CCC(N2CCN(C(=O)c3ccncc3)CC2)=CC(OC)=C1. The Morgan fingerprint density at radius 2 is 1.68 bits per heavy atom. The van der Waals surface area contributed by atoms with E-state index in [1.165, 1.54) is 5.70 Å². The molecule has 0 radical (unpaired) electrons. The monoisotopic (exact) mass is 341 g/mol. The van der Waals surface area contributed by atoms with Crippen molar-refractivity contribution in [2.24, 2.45) is 0 Å². The number of methoxy groups -OCH3 is 2. The normalized spacial score (nSPS) is 17.9. The van der Waals surface area contributed by atoms with Crippen LogP contribution in [0.15, 0.2) is 60.0 Å². The van der Waals surface area contributed by atoms with E-state index < -0.39 is 0 Å². The molecular formula is C19H23N3O3. The molecule has 1 aliphatic heterocycles. The van der Waals surface area contributed by atoms with Gasteiger partial charge in [0, 0.05) is 62.3 Å². The van der Waals surface area contributed by atoms with Gasteiger partial charge in [-0.25, -0.2) is 0 Å². The Labute approximate surface area is 148 Å². The van der Waals surface area contributed by atoms with Crippen LogP contribution in [0.5, 0.6) is 0 Å². The fourth-order valence-electron chi connectivity index (χ4n) is 3.02. The largest absolute Gasteiger partial charge is 0.497 e. The van der Waals surface area contributed by atoms with Gasteiger partial charge in [-0.05, 0) is 24.3 Å². The van der Waals surface area contributed by atoms with Crippen molar-refractivity contribution in [3.8, 4) is 0 Å². The summed E-state index contributed by atoms with van der Waals surface area (Å²) in [7, 11) is 3.31. The molecule has 1 aromatic rings. The van der Waals surface area contributed by atoms with E-state index in [4.69, 9.17) is 9.47 Å². The second-order valence-electron chi connectivity index (χ2n) is 5.92. The van der Waals surface area contributed by atoms with E-state index in [0.717, 1.165) is 31.0 Å². The Morgan fingerprint density at radius 3 is 2.32 bits per heavy atom. The number of ether oxygens (including phenoxy) is 2. The van der Waals surface area contributed by atoms with E-state index in [2.05, 4.69) is 9.88 Å². The van der Waals surface area contributed by atoms with Gasteiger partial charge < -0.3 is 19.3 Å². The number of allylic oxidation sites excluding steroid dienone is 3. The Morgan fingerprint density at radius 1 is 1.00 bits per heavy atom. The molecule has 1 saturated heterocycles. The Balaban J connectivity index is 1.64. The van der Waals surface area contributed by atoms with Crippen molar-refractivity contribution in [2.45, 2.75) is 6.42 Å². The molecule has 3 rings (SSSR count). The number of nitrogens with zero attached hydrogens (tertiary/aromatic N) is 3. The molecule has 132 valence electrons. The zero-order valence-corrected chi connectivity index (χ0v) is 14.6. The van der Waals surface area contributed by atoms with Gasteiger partial charge in [-0.15, -0.1) is 0 Å². The maximum Gasteiger partial charge on any atom is 0.254 e. The molecule has 0 N–H and O–H groups in total. The number of piperazine rings is 1. The number of carbonyl (C=O) groups is 1. The fraction of sp³-hybridized carbons (Fsp3) is 0.368. The fourth-order valence-corrected chi connectivity index (χ4v) is 3.02. The van der Waals surface area contributed by atoms with Gasteiger partial charge in [-0.1, -0.05) is 0 Å². The lowest BCUT2D eigenvalue weighted by atomic mass is 10.2. The van der Waals surface area contributed by atoms with Crippen molar-refractivity contribution in [1.82, 2.24) is 14.8 Å². The second-order valence-corrected chi connectivity index (χ2v) is 5.92. The lowest BCUT2D eigenvalue weighted by Gasteiger charge is -2.37. The van der Waals surface area contributed by atoms with Crippen LogP contribution < -0.4 is 0 Å². The summed E-state index contributed by atoms with van der Waals surface area (Å²) in [5.74, 6) is 1.64. The third-order valence-corrected chi connectivity index (χ3v) is 4.48. The highest BCUT2D eigenvalue weighted by atomic mass is 16.5. The van der Waals surface area contributed by atoms with Crippen LogP contribution >= 0.6 is 0 Å². The minimum Gasteiger partial charge on any atom is -0.497 e. The number of carbonyl (C=O) groups excluding carboxylic acids is 1. The summed E-state index contributed by atoms with van der Waals surface area (Å²) in [6, 6.07) is 3.52. The molecule has 0 saturated carbocycles. The number of hydrogen-bond acceptors (Lipinski definition) is 5. The molecule has 0 unspecified atom stereocenters. The van der Waals surface area contributed by atoms with Crippen molar-refractivity contribution in [2.75, 3.05) is 40.4 Å². The van der Waals surface area contributed by atoms with E-state index in [0.29, 0.717) is 18.7 Å². The quantitative estimate of drug-likeness (QED) is 0.840. The molecule has 1 aromatic heterocycles. The van der Waals surface area contributed by atoms with Gasteiger partial charge in [0.05, 0.1) is 14.2 Å². The average Bonchev–Trinajstić information content (AvgIpc) is 2.90. The van der Waals surface area contributed by atoms with Gasteiger partial charge in [0.2, 0.25) is 0 Å². The second kappa shape index (κ2) is 7.88. The molecular weight excluding hydrogens is 318 g/mol. The molecule has 2 heterocycles. The molecule has 0 spiro atoms.